The number of nitrogens with two attached hydrogens (primary N) is 1. The molecule has 0 saturated carbocycles. The monoisotopic (exact) mass is 247 g/mol. The highest BCUT2D eigenvalue weighted by molar-refractivity contribution is 5.63. The molecule has 4 nitrogen and oxygen atoms in total. The summed E-state index contributed by atoms with van der Waals surface area (Å²) >= 11 is 0. The van der Waals surface area contributed by atoms with Gasteiger partial charge in [-0.3, -0.25) is 4.98 Å². The second-order valence-corrected chi connectivity index (χ2v) is 4.01. The third-order valence-electron chi connectivity index (χ3n) is 2.67. The van der Waals surface area contributed by atoms with Gasteiger partial charge in [-0.1, -0.05) is 19.4 Å². The van der Waals surface area contributed by atoms with Gasteiger partial charge in [-0.05, 0) is 18.1 Å². The number of aromatic nitrogens is 2. The van der Waals surface area contributed by atoms with Crippen LogP contribution in [0.1, 0.15) is 18.9 Å². The maximum atomic E-state index is 14.0. The average molecular weight is 247 g/mol. The van der Waals surface area contributed by atoms with Crippen LogP contribution in [-0.2, 0) is 6.42 Å². The topological polar surface area (TPSA) is 72.0 Å². The Hall–Kier alpha value is -2.17. The largest absolute Gasteiger partial charge is 0.505 e. The van der Waals surface area contributed by atoms with Gasteiger partial charge < -0.3 is 10.8 Å². The molecule has 0 aliphatic carbocycles. The fourth-order valence-electron chi connectivity index (χ4n) is 1.75. The molecule has 0 amide bonds. The van der Waals surface area contributed by atoms with E-state index in [0.29, 0.717) is 17.7 Å². The first-order valence-electron chi connectivity index (χ1n) is 5.71. The fourth-order valence-corrected chi connectivity index (χ4v) is 1.75. The van der Waals surface area contributed by atoms with Gasteiger partial charge >= 0.3 is 0 Å². The van der Waals surface area contributed by atoms with Crippen LogP contribution in [-0.4, -0.2) is 15.1 Å². The molecule has 0 aliphatic rings. The van der Waals surface area contributed by atoms with Crippen LogP contribution in [0.25, 0.3) is 11.3 Å². The summed E-state index contributed by atoms with van der Waals surface area (Å²) in [4.78, 5) is 7.84. The van der Waals surface area contributed by atoms with E-state index in [1.54, 1.807) is 12.1 Å². The lowest BCUT2D eigenvalue weighted by atomic mass is 10.0. The minimum absolute atomic E-state index is 0.222. The van der Waals surface area contributed by atoms with E-state index in [4.69, 9.17) is 5.73 Å². The molecule has 0 spiro atoms. The highest BCUT2D eigenvalue weighted by atomic mass is 19.1. The van der Waals surface area contributed by atoms with Crippen molar-refractivity contribution in [2.45, 2.75) is 19.8 Å². The molecule has 1 aromatic heterocycles. The lowest BCUT2D eigenvalue weighted by Crippen LogP contribution is -1.96. The van der Waals surface area contributed by atoms with Crippen LogP contribution in [0.15, 0.2) is 24.5 Å². The van der Waals surface area contributed by atoms with E-state index >= 15 is 0 Å². The number of hydrogen-bond acceptors (Lipinski definition) is 4. The van der Waals surface area contributed by atoms with E-state index in [9.17, 15) is 9.50 Å². The lowest BCUT2D eigenvalue weighted by Gasteiger charge is -2.08. The van der Waals surface area contributed by atoms with Crippen molar-refractivity contribution in [2.75, 3.05) is 5.73 Å². The predicted molar refractivity (Wildman–Crippen MR) is 67.5 cm³/mol. The minimum Gasteiger partial charge on any atom is -0.505 e. The number of anilines is 1. The van der Waals surface area contributed by atoms with Crippen molar-refractivity contribution in [1.82, 2.24) is 9.97 Å². The van der Waals surface area contributed by atoms with Crippen LogP contribution in [0.3, 0.4) is 0 Å². The first kappa shape index (κ1) is 12.3. The van der Waals surface area contributed by atoms with Crippen LogP contribution in [0.4, 0.5) is 10.2 Å². The summed E-state index contributed by atoms with van der Waals surface area (Å²) in [5, 5.41) is 9.78. The molecule has 1 aromatic carbocycles. The van der Waals surface area contributed by atoms with Crippen molar-refractivity contribution in [3.05, 3.63) is 35.9 Å². The highest BCUT2D eigenvalue weighted by Crippen LogP contribution is 2.30. The standard InChI is InChI=1S/C13H14FN3O/c1-2-3-8-4-5-9(12(14)13(8)18)10-6-17-11(15)7-16-10/h4-7,18H,2-3H2,1H3,(H2,15,17). The highest BCUT2D eigenvalue weighted by Gasteiger charge is 2.14. The van der Waals surface area contributed by atoms with Crippen molar-refractivity contribution in [2.24, 2.45) is 0 Å². The Bertz CT molecular complexity index is 555. The van der Waals surface area contributed by atoms with E-state index in [1.165, 1.54) is 12.4 Å². The summed E-state index contributed by atoms with van der Waals surface area (Å²) in [6.45, 7) is 1.97. The number of benzene rings is 1. The Morgan fingerprint density at radius 2 is 2.06 bits per heavy atom. The normalized spacial score (nSPS) is 10.6. The maximum Gasteiger partial charge on any atom is 0.174 e. The molecule has 0 atom stereocenters. The molecule has 94 valence electrons. The zero-order valence-electron chi connectivity index (χ0n) is 10.0. The number of nitrogens with zero attached hydrogens (tertiary/aromatic N) is 2. The summed E-state index contributed by atoms with van der Waals surface area (Å²) < 4.78 is 14.0. The average Bonchev–Trinajstić information content (AvgIpc) is 2.37. The number of aromatic hydroxyl groups is 1. The van der Waals surface area contributed by atoms with Gasteiger partial charge in [0.1, 0.15) is 5.82 Å². The Balaban J connectivity index is 2.46. The predicted octanol–water partition coefficient (Wildman–Crippen LogP) is 2.52. The van der Waals surface area contributed by atoms with Crippen molar-refractivity contribution in [3.63, 3.8) is 0 Å². The van der Waals surface area contributed by atoms with Crippen molar-refractivity contribution in [3.8, 4) is 17.0 Å². The molecule has 0 saturated heterocycles. The number of phenols is 1. The fraction of sp³-hybridized carbons (Fsp3) is 0.231. The summed E-state index contributed by atoms with van der Waals surface area (Å²) in [7, 11) is 0. The van der Waals surface area contributed by atoms with Crippen LogP contribution in [0.2, 0.25) is 0 Å². The van der Waals surface area contributed by atoms with Gasteiger partial charge in [0.2, 0.25) is 0 Å². The summed E-state index contributed by atoms with van der Waals surface area (Å²) in [5.74, 6) is -0.709. The molecule has 0 unspecified atom stereocenters. The molecule has 0 radical (unpaired) electrons. The van der Waals surface area contributed by atoms with Crippen LogP contribution >= 0.6 is 0 Å². The Kier molecular flexibility index (Phi) is 3.41. The molecule has 3 N–H and O–H groups in total. The quantitative estimate of drug-likeness (QED) is 0.874. The van der Waals surface area contributed by atoms with Gasteiger partial charge in [0.15, 0.2) is 11.6 Å². The van der Waals surface area contributed by atoms with Gasteiger partial charge in [-0.2, -0.15) is 0 Å². The van der Waals surface area contributed by atoms with Gasteiger partial charge in [0.05, 0.1) is 18.1 Å². The second kappa shape index (κ2) is 5.00. The molecule has 0 fully saturated rings. The van der Waals surface area contributed by atoms with Crippen molar-refractivity contribution < 1.29 is 9.50 Å². The van der Waals surface area contributed by atoms with E-state index < -0.39 is 5.82 Å². The number of halogens is 1. The van der Waals surface area contributed by atoms with Gasteiger partial charge in [0, 0.05) is 5.56 Å². The Labute approximate surface area is 104 Å². The van der Waals surface area contributed by atoms with E-state index in [1.807, 2.05) is 6.92 Å². The lowest BCUT2D eigenvalue weighted by molar-refractivity contribution is 0.426. The van der Waals surface area contributed by atoms with E-state index in [2.05, 4.69) is 9.97 Å². The first-order valence-corrected chi connectivity index (χ1v) is 5.71. The number of aryl methyl sites for hydroxylation is 1. The second-order valence-electron chi connectivity index (χ2n) is 4.01. The molecular weight excluding hydrogens is 233 g/mol. The van der Waals surface area contributed by atoms with Crippen molar-refractivity contribution >= 4 is 5.82 Å². The minimum atomic E-state index is -0.667. The molecular formula is C13H14FN3O. The number of nitrogen functional groups attached to an aromatic ring is 1. The summed E-state index contributed by atoms with van der Waals surface area (Å²) in [5.41, 5.74) is 6.59. The van der Waals surface area contributed by atoms with Crippen molar-refractivity contribution in [1.29, 1.82) is 0 Å². The molecule has 2 rings (SSSR count). The Morgan fingerprint density at radius 1 is 1.28 bits per heavy atom. The molecule has 2 aromatic rings. The smallest absolute Gasteiger partial charge is 0.174 e. The van der Waals surface area contributed by atoms with Crippen LogP contribution < -0.4 is 5.73 Å². The number of rotatable bonds is 3. The zero-order valence-corrected chi connectivity index (χ0v) is 10.0. The Morgan fingerprint density at radius 3 is 2.67 bits per heavy atom. The van der Waals surface area contributed by atoms with Gasteiger partial charge in [0.25, 0.3) is 0 Å². The maximum absolute atomic E-state index is 14.0. The van der Waals surface area contributed by atoms with E-state index in [0.717, 1.165) is 6.42 Å². The summed E-state index contributed by atoms with van der Waals surface area (Å²) in [6.07, 6.45) is 4.21. The summed E-state index contributed by atoms with van der Waals surface area (Å²) in [6, 6.07) is 3.30. The van der Waals surface area contributed by atoms with Gasteiger partial charge in [-0.25, -0.2) is 9.37 Å². The first-order chi connectivity index (χ1) is 8.63. The van der Waals surface area contributed by atoms with Crippen LogP contribution in [0, 0.1) is 5.82 Å². The van der Waals surface area contributed by atoms with E-state index in [-0.39, 0.29) is 17.1 Å². The van der Waals surface area contributed by atoms with Gasteiger partial charge in [-0.15, -0.1) is 0 Å². The molecule has 0 bridgehead atoms. The SMILES string of the molecule is CCCc1ccc(-c2cnc(N)cn2)c(F)c1O. The molecule has 0 aliphatic heterocycles. The number of phenolic OH excluding ortho intramolecular Hbond substituents is 1. The third kappa shape index (κ3) is 2.25. The zero-order chi connectivity index (χ0) is 13.1. The third-order valence-corrected chi connectivity index (χ3v) is 2.67. The molecule has 5 heteroatoms. The van der Waals surface area contributed by atoms with Crippen LogP contribution in [0.5, 0.6) is 5.75 Å². The molecule has 1 heterocycles. The number of hydrogen-bond donors (Lipinski definition) is 2. The molecule has 18 heavy (non-hydrogen) atoms.